The summed E-state index contributed by atoms with van der Waals surface area (Å²) in [6.45, 7) is 1.78. The summed E-state index contributed by atoms with van der Waals surface area (Å²) in [6, 6.07) is 4.50. The predicted octanol–water partition coefficient (Wildman–Crippen LogP) is 1.21. The summed E-state index contributed by atoms with van der Waals surface area (Å²) in [5, 5.41) is 28.5. The second-order valence-electron chi connectivity index (χ2n) is 3.35. The van der Waals surface area contributed by atoms with Gasteiger partial charge in [-0.3, -0.25) is 0 Å². The minimum atomic E-state index is -0.954. The molecule has 1 aromatic carbocycles. The Morgan fingerprint density at radius 2 is 2.00 bits per heavy atom. The van der Waals surface area contributed by atoms with Crippen LogP contribution in [0.4, 0.5) is 0 Å². The van der Waals surface area contributed by atoms with Crippen LogP contribution in [0.25, 0.3) is 0 Å². The number of aliphatic hydroxyl groups is 2. The van der Waals surface area contributed by atoms with Crippen molar-refractivity contribution in [3.63, 3.8) is 0 Å². The molecule has 0 fully saturated rings. The van der Waals surface area contributed by atoms with Crippen LogP contribution in [-0.4, -0.2) is 28.5 Å². The number of rotatable bonds is 4. The van der Waals surface area contributed by atoms with Crippen LogP contribution in [0.5, 0.6) is 11.5 Å². The Bertz CT molecular complexity index is 324. The molecule has 2 atom stereocenters. The molecule has 0 bridgehead atoms. The van der Waals surface area contributed by atoms with E-state index in [-0.39, 0.29) is 11.5 Å². The molecule has 0 heterocycles. The van der Waals surface area contributed by atoms with Crippen LogP contribution < -0.4 is 4.74 Å². The fourth-order valence-electron chi connectivity index (χ4n) is 1.32. The van der Waals surface area contributed by atoms with Gasteiger partial charge in [-0.1, -0.05) is 13.0 Å². The van der Waals surface area contributed by atoms with Crippen molar-refractivity contribution in [3.05, 3.63) is 23.8 Å². The quantitative estimate of drug-likeness (QED) is 0.701. The van der Waals surface area contributed by atoms with E-state index in [1.54, 1.807) is 13.0 Å². The Morgan fingerprint density at radius 3 is 2.53 bits per heavy atom. The van der Waals surface area contributed by atoms with Gasteiger partial charge in [0.2, 0.25) is 0 Å². The maximum absolute atomic E-state index is 9.71. The van der Waals surface area contributed by atoms with Gasteiger partial charge in [-0.2, -0.15) is 0 Å². The SMILES string of the molecule is CCC(O)C(O)c1ccc(O)c(OC)c1. The van der Waals surface area contributed by atoms with E-state index < -0.39 is 12.2 Å². The fourth-order valence-corrected chi connectivity index (χ4v) is 1.32. The highest BCUT2D eigenvalue weighted by molar-refractivity contribution is 5.42. The Hall–Kier alpha value is -1.26. The lowest BCUT2D eigenvalue weighted by Gasteiger charge is -2.17. The molecule has 4 heteroatoms. The van der Waals surface area contributed by atoms with E-state index in [0.717, 1.165) is 0 Å². The standard InChI is InChI=1S/C11H16O4/c1-3-8(12)11(14)7-4-5-9(13)10(6-7)15-2/h4-6,8,11-14H,3H2,1-2H3. The van der Waals surface area contributed by atoms with Gasteiger partial charge in [0, 0.05) is 0 Å². The first-order valence-electron chi connectivity index (χ1n) is 4.83. The summed E-state index contributed by atoms with van der Waals surface area (Å²) < 4.78 is 4.91. The molecule has 0 spiro atoms. The maximum Gasteiger partial charge on any atom is 0.160 e. The molecule has 2 unspecified atom stereocenters. The van der Waals surface area contributed by atoms with Gasteiger partial charge in [-0.15, -0.1) is 0 Å². The molecule has 1 rings (SSSR count). The fraction of sp³-hybridized carbons (Fsp3) is 0.455. The second kappa shape index (κ2) is 5.00. The van der Waals surface area contributed by atoms with Crippen LogP contribution in [0.3, 0.4) is 0 Å². The average Bonchev–Trinajstić information content (AvgIpc) is 2.27. The highest BCUT2D eigenvalue weighted by Gasteiger charge is 2.17. The van der Waals surface area contributed by atoms with Crippen LogP contribution in [0.15, 0.2) is 18.2 Å². The van der Waals surface area contributed by atoms with Crippen LogP contribution in [0.2, 0.25) is 0 Å². The highest BCUT2D eigenvalue weighted by Crippen LogP contribution is 2.30. The van der Waals surface area contributed by atoms with Crippen molar-refractivity contribution < 1.29 is 20.1 Å². The van der Waals surface area contributed by atoms with Gasteiger partial charge in [0.05, 0.1) is 13.2 Å². The number of methoxy groups -OCH3 is 1. The zero-order valence-electron chi connectivity index (χ0n) is 8.84. The molecule has 0 aromatic heterocycles. The van der Waals surface area contributed by atoms with Gasteiger partial charge in [0.25, 0.3) is 0 Å². The Labute approximate surface area is 88.8 Å². The lowest BCUT2D eigenvalue weighted by atomic mass is 10.0. The summed E-state index contributed by atoms with van der Waals surface area (Å²) in [5.41, 5.74) is 0.527. The minimum Gasteiger partial charge on any atom is -0.504 e. The van der Waals surface area contributed by atoms with Gasteiger partial charge in [-0.05, 0) is 24.1 Å². The first kappa shape index (κ1) is 11.8. The van der Waals surface area contributed by atoms with Gasteiger partial charge in [0.1, 0.15) is 6.10 Å². The average molecular weight is 212 g/mol. The van der Waals surface area contributed by atoms with Crippen molar-refractivity contribution in [2.75, 3.05) is 7.11 Å². The Morgan fingerprint density at radius 1 is 1.33 bits per heavy atom. The first-order valence-corrected chi connectivity index (χ1v) is 4.83. The number of benzene rings is 1. The number of phenolic OH excluding ortho intramolecular Hbond substituents is 1. The van der Waals surface area contributed by atoms with E-state index in [1.807, 2.05) is 0 Å². The van der Waals surface area contributed by atoms with Crippen molar-refractivity contribution in [2.45, 2.75) is 25.6 Å². The summed E-state index contributed by atoms with van der Waals surface area (Å²) in [4.78, 5) is 0. The monoisotopic (exact) mass is 212 g/mol. The maximum atomic E-state index is 9.71. The predicted molar refractivity (Wildman–Crippen MR) is 55.9 cm³/mol. The molecular formula is C11H16O4. The van der Waals surface area contributed by atoms with E-state index in [4.69, 9.17) is 4.74 Å². The van der Waals surface area contributed by atoms with Crippen molar-refractivity contribution in [3.8, 4) is 11.5 Å². The molecule has 0 aliphatic heterocycles. The summed E-state index contributed by atoms with van der Waals surface area (Å²) in [7, 11) is 1.43. The third kappa shape index (κ3) is 2.61. The number of phenols is 1. The van der Waals surface area contributed by atoms with Gasteiger partial charge in [-0.25, -0.2) is 0 Å². The first-order chi connectivity index (χ1) is 7.10. The van der Waals surface area contributed by atoms with Crippen LogP contribution in [0.1, 0.15) is 25.0 Å². The molecule has 0 saturated carbocycles. The van der Waals surface area contributed by atoms with Gasteiger partial charge < -0.3 is 20.1 Å². The van der Waals surface area contributed by atoms with E-state index >= 15 is 0 Å². The van der Waals surface area contributed by atoms with Gasteiger partial charge in [0.15, 0.2) is 11.5 Å². The molecule has 0 radical (unpaired) electrons. The van der Waals surface area contributed by atoms with E-state index in [1.165, 1.54) is 19.2 Å². The third-order valence-electron chi connectivity index (χ3n) is 2.33. The molecule has 15 heavy (non-hydrogen) atoms. The zero-order valence-corrected chi connectivity index (χ0v) is 8.84. The molecular weight excluding hydrogens is 196 g/mol. The Kier molecular flexibility index (Phi) is 3.94. The second-order valence-corrected chi connectivity index (χ2v) is 3.35. The molecule has 84 valence electrons. The highest BCUT2D eigenvalue weighted by atomic mass is 16.5. The lowest BCUT2D eigenvalue weighted by molar-refractivity contribution is 0.0163. The summed E-state index contributed by atoms with van der Waals surface area (Å²) in [6.07, 6.45) is -1.30. The molecule has 0 aliphatic carbocycles. The Balaban J connectivity index is 2.95. The van der Waals surface area contributed by atoms with Crippen LogP contribution in [-0.2, 0) is 0 Å². The number of ether oxygens (including phenoxy) is 1. The summed E-state index contributed by atoms with van der Waals surface area (Å²) >= 11 is 0. The number of hydrogen-bond acceptors (Lipinski definition) is 4. The van der Waals surface area contributed by atoms with E-state index in [2.05, 4.69) is 0 Å². The van der Waals surface area contributed by atoms with E-state index in [0.29, 0.717) is 12.0 Å². The topological polar surface area (TPSA) is 69.9 Å². The van der Waals surface area contributed by atoms with Crippen molar-refractivity contribution >= 4 is 0 Å². The molecule has 0 saturated heterocycles. The van der Waals surface area contributed by atoms with Crippen molar-refractivity contribution in [1.82, 2.24) is 0 Å². The smallest absolute Gasteiger partial charge is 0.160 e. The van der Waals surface area contributed by atoms with Gasteiger partial charge >= 0.3 is 0 Å². The lowest BCUT2D eigenvalue weighted by Crippen LogP contribution is -2.16. The largest absolute Gasteiger partial charge is 0.504 e. The summed E-state index contributed by atoms with van der Waals surface area (Å²) in [5.74, 6) is 0.300. The van der Waals surface area contributed by atoms with Crippen LogP contribution in [0, 0.1) is 0 Å². The van der Waals surface area contributed by atoms with Crippen molar-refractivity contribution in [2.24, 2.45) is 0 Å². The zero-order chi connectivity index (χ0) is 11.4. The molecule has 1 aromatic rings. The van der Waals surface area contributed by atoms with E-state index in [9.17, 15) is 15.3 Å². The number of aromatic hydroxyl groups is 1. The van der Waals surface area contributed by atoms with Crippen LogP contribution >= 0.6 is 0 Å². The third-order valence-corrected chi connectivity index (χ3v) is 2.33. The normalized spacial score (nSPS) is 14.7. The minimum absolute atomic E-state index is 0.0134. The molecule has 3 N–H and O–H groups in total. The number of aliphatic hydroxyl groups excluding tert-OH is 2. The van der Waals surface area contributed by atoms with Crippen molar-refractivity contribution in [1.29, 1.82) is 0 Å². The number of hydrogen-bond donors (Lipinski definition) is 3. The molecule has 0 amide bonds. The molecule has 4 nitrogen and oxygen atoms in total. The molecule has 0 aliphatic rings.